The minimum Gasteiger partial charge on any atom is -0.397 e. The molecule has 0 atom stereocenters. The van der Waals surface area contributed by atoms with Crippen LogP contribution in [0.15, 0.2) is 40.1 Å². The summed E-state index contributed by atoms with van der Waals surface area (Å²) in [6.07, 6.45) is 0. The van der Waals surface area contributed by atoms with Gasteiger partial charge in [0.05, 0.1) is 45.2 Å². The van der Waals surface area contributed by atoms with E-state index in [1.807, 2.05) is 0 Å². The van der Waals surface area contributed by atoms with E-state index in [1.165, 1.54) is 30.0 Å². The molecule has 0 aromatic heterocycles. The van der Waals surface area contributed by atoms with Crippen LogP contribution in [-0.2, 0) is 14.6 Å². The van der Waals surface area contributed by atoms with Crippen LogP contribution in [0.2, 0.25) is 10.0 Å². The summed E-state index contributed by atoms with van der Waals surface area (Å²) >= 11 is 12.2. The summed E-state index contributed by atoms with van der Waals surface area (Å²) in [6.45, 7) is 0.803. The molecule has 0 aliphatic rings. The molecule has 29 heavy (non-hydrogen) atoms. The molecule has 2 rings (SSSR count). The number of sulfone groups is 1. The molecule has 0 saturated carbocycles. The van der Waals surface area contributed by atoms with Crippen molar-refractivity contribution >= 4 is 56.0 Å². The Balaban J connectivity index is 2.83. The van der Waals surface area contributed by atoms with Crippen LogP contribution in [0.4, 0.5) is 17.1 Å². The van der Waals surface area contributed by atoms with Crippen molar-refractivity contribution in [3.63, 3.8) is 0 Å². The lowest BCUT2D eigenvalue weighted by Gasteiger charge is -2.27. The van der Waals surface area contributed by atoms with Gasteiger partial charge in [-0.2, -0.15) is 0 Å². The van der Waals surface area contributed by atoms with Crippen LogP contribution in [0, 0.1) is 0 Å². The SMILES string of the molecule is CC(=O)Nc1cccc(N(CCO)CCO)c1S(=O)(=O)c1cc(Cl)c(N)cc1Cl. The molecule has 2 aromatic carbocycles. The van der Waals surface area contributed by atoms with E-state index in [2.05, 4.69) is 5.32 Å². The number of rotatable bonds is 8. The van der Waals surface area contributed by atoms with Gasteiger partial charge in [0.15, 0.2) is 0 Å². The van der Waals surface area contributed by atoms with Crippen molar-refractivity contribution in [2.75, 3.05) is 42.3 Å². The van der Waals surface area contributed by atoms with Crippen LogP contribution < -0.4 is 16.0 Å². The summed E-state index contributed by atoms with van der Waals surface area (Å²) in [5, 5.41) is 21.1. The highest BCUT2D eigenvalue weighted by molar-refractivity contribution is 7.92. The van der Waals surface area contributed by atoms with Gasteiger partial charge in [0.25, 0.3) is 0 Å². The van der Waals surface area contributed by atoms with E-state index in [-0.39, 0.29) is 63.2 Å². The molecule has 158 valence electrons. The van der Waals surface area contributed by atoms with E-state index >= 15 is 0 Å². The second kappa shape index (κ2) is 9.64. The first-order valence-corrected chi connectivity index (χ1v) is 10.7. The topological polar surface area (TPSA) is 133 Å². The van der Waals surface area contributed by atoms with Gasteiger partial charge in [-0.05, 0) is 24.3 Å². The number of nitrogen functional groups attached to an aromatic ring is 1. The monoisotopic (exact) mass is 461 g/mol. The van der Waals surface area contributed by atoms with Crippen LogP contribution >= 0.6 is 23.2 Å². The molecule has 0 spiro atoms. The minimum atomic E-state index is -4.29. The number of benzene rings is 2. The van der Waals surface area contributed by atoms with Crippen molar-refractivity contribution in [1.29, 1.82) is 0 Å². The van der Waals surface area contributed by atoms with Gasteiger partial charge < -0.3 is 26.2 Å². The van der Waals surface area contributed by atoms with E-state index in [1.54, 1.807) is 6.07 Å². The fraction of sp³-hybridized carbons (Fsp3) is 0.278. The molecule has 0 bridgehead atoms. The van der Waals surface area contributed by atoms with E-state index in [0.717, 1.165) is 6.07 Å². The molecule has 0 unspecified atom stereocenters. The van der Waals surface area contributed by atoms with Crippen LogP contribution in [0.1, 0.15) is 6.92 Å². The Kier molecular flexibility index (Phi) is 7.73. The minimum absolute atomic E-state index is 0.00843. The Labute approximate surface area is 178 Å². The van der Waals surface area contributed by atoms with Gasteiger partial charge in [-0.1, -0.05) is 29.3 Å². The van der Waals surface area contributed by atoms with E-state index in [0.29, 0.717) is 0 Å². The summed E-state index contributed by atoms with van der Waals surface area (Å²) in [4.78, 5) is 12.6. The first-order valence-electron chi connectivity index (χ1n) is 8.50. The zero-order valence-electron chi connectivity index (χ0n) is 15.5. The maximum absolute atomic E-state index is 13.6. The van der Waals surface area contributed by atoms with Gasteiger partial charge in [0.1, 0.15) is 4.90 Å². The number of amides is 1. The predicted octanol–water partition coefficient (Wildman–Crippen LogP) is 2.16. The summed E-state index contributed by atoms with van der Waals surface area (Å²) in [6, 6.07) is 6.87. The van der Waals surface area contributed by atoms with Crippen molar-refractivity contribution < 1.29 is 23.4 Å². The molecule has 0 saturated heterocycles. The van der Waals surface area contributed by atoms with Gasteiger partial charge in [-0.3, -0.25) is 4.79 Å². The molecular formula is C18H21Cl2N3O5S. The predicted molar refractivity (Wildman–Crippen MR) is 113 cm³/mol. The molecular weight excluding hydrogens is 441 g/mol. The van der Waals surface area contributed by atoms with Gasteiger partial charge in [-0.25, -0.2) is 8.42 Å². The van der Waals surface area contributed by atoms with E-state index < -0.39 is 15.7 Å². The summed E-state index contributed by atoms with van der Waals surface area (Å²) in [5.74, 6) is -0.476. The third-order valence-corrected chi connectivity index (χ3v) is 6.63. The Hall–Kier alpha value is -2.04. The molecule has 8 nitrogen and oxygen atoms in total. The van der Waals surface area contributed by atoms with Crippen LogP contribution in [0.5, 0.6) is 0 Å². The Bertz CT molecular complexity index is 1010. The number of carbonyl (C=O) groups is 1. The number of aliphatic hydroxyl groups excluding tert-OH is 2. The second-order valence-electron chi connectivity index (χ2n) is 6.08. The average molecular weight is 462 g/mol. The summed E-state index contributed by atoms with van der Waals surface area (Å²) in [7, 11) is -4.29. The molecule has 11 heteroatoms. The number of hydrogen-bond donors (Lipinski definition) is 4. The third-order valence-electron chi connectivity index (χ3n) is 3.99. The van der Waals surface area contributed by atoms with Crippen molar-refractivity contribution in [3.05, 3.63) is 40.4 Å². The number of hydrogen-bond acceptors (Lipinski definition) is 7. The van der Waals surface area contributed by atoms with Crippen molar-refractivity contribution in [2.24, 2.45) is 0 Å². The van der Waals surface area contributed by atoms with Crippen LogP contribution in [0.25, 0.3) is 0 Å². The van der Waals surface area contributed by atoms with Gasteiger partial charge in [0, 0.05) is 20.0 Å². The lowest BCUT2D eigenvalue weighted by atomic mass is 10.2. The number of carbonyl (C=O) groups excluding carboxylic acids is 1. The number of halogens is 2. The Morgan fingerprint density at radius 2 is 1.76 bits per heavy atom. The van der Waals surface area contributed by atoms with Crippen LogP contribution in [-0.4, -0.2) is 50.8 Å². The average Bonchev–Trinajstić information content (AvgIpc) is 2.63. The highest BCUT2D eigenvalue weighted by Gasteiger charge is 2.30. The standard InChI is InChI=1S/C18H21Cl2N3O5S/c1-11(26)22-15-3-2-4-16(23(5-7-24)6-8-25)18(15)29(27,28)17-10-12(19)14(21)9-13(17)20/h2-4,9-10,24-25H,5-8,21H2,1H3,(H,22,26). The molecule has 2 aromatic rings. The summed E-state index contributed by atoms with van der Waals surface area (Å²) in [5.41, 5.74) is 6.02. The fourth-order valence-electron chi connectivity index (χ4n) is 2.80. The van der Waals surface area contributed by atoms with Gasteiger partial charge in [-0.15, -0.1) is 0 Å². The molecule has 5 N–H and O–H groups in total. The van der Waals surface area contributed by atoms with Gasteiger partial charge in [0.2, 0.25) is 15.7 Å². The number of nitrogens with two attached hydrogens (primary N) is 1. The highest BCUT2D eigenvalue weighted by Crippen LogP contribution is 2.40. The maximum atomic E-state index is 13.6. The largest absolute Gasteiger partial charge is 0.397 e. The maximum Gasteiger partial charge on any atom is 0.221 e. The highest BCUT2D eigenvalue weighted by atomic mass is 35.5. The van der Waals surface area contributed by atoms with Gasteiger partial charge >= 0.3 is 0 Å². The first-order chi connectivity index (χ1) is 13.6. The Morgan fingerprint density at radius 1 is 1.14 bits per heavy atom. The van der Waals surface area contributed by atoms with Crippen molar-refractivity contribution in [2.45, 2.75) is 16.7 Å². The lowest BCUT2D eigenvalue weighted by molar-refractivity contribution is -0.114. The smallest absolute Gasteiger partial charge is 0.221 e. The molecule has 0 radical (unpaired) electrons. The molecule has 0 fully saturated rings. The van der Waals surface area contributed by atoms with E-state index in [9.17, 15) is 23.4 Å². The zero-order chi connectivity index (χ0) is 21.8. The Morgan fingerprint density at radius 3 is 2.31 bits per heavy atom. The number of aliphatic hydroxyl groups is 2. The molecule has 0 aliphatic carbocycles. The first kappa shape index (κ1) is 23.2. The van der Waals surface area contributed by atoms with Crippen molar-refractivity contribution in [3.8, 4) is 0 Å². The normalized spacial score (nSPS) is 11.3. The fourth-order valence-corrected chi connectivity index (χ4v) is 5.19. The number of nitrogens with one attached hydrogen (secondary N) is 1. The third kappa shape index (κ3) is 5.12. The quantitative estimate of drug-likeness (QED) is 0.442. The second-order valence-corrected chi connectivity index (χ2v) is 8.75. The lowest BCUT2D eigenvalue weighted by Crippen LogP contribution is -2.31. The van der Waals surface area contributed by atoms with E-state index in [4.69, 9.17) is 28.9 Å². The zero-order valence-corrected chi connectivity index (χ0v) is 17.9. The van der Waals surface area contributed by atoms with Crippen LogP contribution in [0.3, 0.4) is 0 Å². The molecule has 1 amide bonds. The number of nitrogens with zero attached hydrogens (tertiary/aromatic N) is 1. The molecule has 0 aliphatic heterocycles. The van der Waals surface area contributed by atoms with Crippen molar-refractivity contribution in [1.82, 2.24) is 0 Å². The molecule has 0 heterocycles. The number of anilines is 3. The summed E-state index contributed by atoms with van der Waals surface area (Å²) < 4.78 is 27.1.